The quantitative estimate of drug-likeness (QED) is 0.831. The molecule has 1 saturated carbocycles. The topological polar surface area (TPSA) is 41.1 Å². The molecule has 0 radical (unpaired) electrons. The molecule has 1 amide bonds. The maximum atomic E-state index is 11.6. The van der Waals surface area contributed by atoms with Crippen molar-refractivity contribution >= 4 is 17.5 Å². The standard InChI is InChI=1S/C14H19ClN2O/c1-10(12-4-2-3-5-13(12)15)16-9-14(18)17-8-11-6-7-11/h2-5,10-11,16H,6-9H2,1H3,(H,17,18)/t10-/m0/s1. The number of halogens is 1. The summed E-state index contributed by atoms with van der Waals surface area (Å²) in [5.74, 6) is 0.774. The fraction of sp³-hybridized carbons (Fsp3) is 0.500. The lowest BCUT2D eigenvalue weighted by Gasteiger charge is -2.15. The first-order valence-electron chi connectivity index (χ1n) is 6.41. The smallest absolute Gasteiger partial charge is 0.233 e. The number of hydrogen-bond donors (Lipinski definition) is 2. The lowest BCUT2D eigenvalue weighted by molar-refractivity contribution is -0.120. The Bertz CT molecular complexity index is 418. The van der Waals surface area contributed by atoms with Crippen LogP contribution >= 0.6 is 11.6 Å². The van der Waals surface area contributed by atoms with E-state index in [0.717, 1.165) is 23.0 Å². The Hall–Kier alpha value is -1.06. The van der Waals surface area contributed by atoms with Crippen LogP contribution in [0.5, 0.6) is 0 Å². The van der Waals surface area contributed by atoms with E-state index in [0.29, 0.717) is 6.54 Å². The SMILES string of the molecule is C[C@H](NCC(=O)NCC1CC1)c1ccccc1Cl. The first-order valence-corrected chi connectivity index (χ1v) is 6.79. The van der Waals surface area contributed by atoms with Crippen molar-refractivity contribution in [2.24, 2.45) is 5.92 Å². The minimum Gasteiger partial charge on any atom is -0.355 e. The first-order chi connectivity index (χ1) is 8.66. The summed E-state index contributed by atoms with van der Waals surface area (Å²) in [6.45, 7) is 3.16. The molecule has 1 aliphatic rings. The van der Waals surface area contributed by atoms with Gasteiger partial charge in [0.2, 0.25) is 5.91 Å². The van der Waals surface area contributed by atoms with Crippen molar-refractivity contribution < 1.29 is 4.79 Å². The highest BCUT2D eigenvalue weighted by Gasteiger charge is 2.21. The Kier molecular flexibility index (Phi) is 4.61. The van der Waals surface area contributed by atoms with E-state index in [2.05, 4.69) is 10.6 Å². The summed E-state index contributed by atoms with van der Waals surface area (Å²) in [5.41, 5.74) is 1.02. The van der Waals surface area contributed by atoms with Gasteiger partial charge in [-0.2, -0.15) is 0 Å². The summed E-state index contributed by atoms with van der Waals surface area (Å²) in [4.78, 5) is 11.6. The van der Waals surface area contributed by atoms with Gasteiger partial charge in [0, 0.05) is 17.6 Å². The molecule has 0 aromatic heterocycles. The third kappa shape index (κ3) is 4.00. The summed E-state index contributed by atoms with van der Waals surface area (Å²) in [6.07, 6.45) is 2.51. The molecule has 18 heavy (non-hydrogen) atoms. The Morgan fingerprint density at radius 3 is 2.83 bits per heavy atom. The van der Waals surface area contributed by atoms with Crippen LogP contribution in [0, 0.1) is 5.92 Å². The number of carbonyl (C=O) groups excluding carboxylic acids is 1. The van der Waals surface area contributed by atoms with Crippen LogP contribution in [0.4, 0.5) is 0 Å². The van der Waals surface area contributed by atoms with Crippen molar-refractivity contribution in [3.05, 3.63) is 34.9 Å². The molecule has 0 heterocycles. The molecule has 98 valence electrons. The normalized spacial score (nSPS) is 16.3. The molecule has 1 atom stereocenters. The highest BCUT2D eigenvalue weighted by Crippen LogP contribution is 2.27. The zero-order valence-corrected chi connectivity index (χ0v) is 11.3. The highest BCUT2D eigenvalue weighted by atomic mass is 35.5. The second-order valence-corrected chi connectivity index (χ2v) is 5.28. The van der Waals surface area contributed by atoms with Gasteiger partial charge in [0.25, 0.3) is 0 Å². The predicted molar refractivity (Wildman–Crippen MR) is 73.6 cm³/mol. The van der Waals surface area contributed by atoms with Gasteiger partial charge in [0.15, 0.2) is 0 Å². The number of hydrogen-bond acceptors (Lipinski definition) is 2. The van der Waals surface area contributed by atoms with Gasteiger partial charge in [-0.15, -0.1) is 0 Å². The summed E-state index contributed by atoms with van der Waals surface area (Å²) >= 11 is 6.10. The lowest BCUT2D eigenvalue weighted by Crippen LogP contribution is -2.36. The predicted octanol–water partition coefficient (Wildman–Crippen LogP) is 2.52. The van der Waals surface area contributed by atoms with Gasteiger partial charge in [-0.05, 0) is 37.3 Å². The minimum absolute atomic E-state index is 0.0563. The van der Waals surface area contributed by atoms with Gasteiger partial charge in [0.1, 0.15) is 0 Å². The summed E-state index contributed by atoms with van der Waals surface area (Å²) in [7, 11) is 0. The molecular weight excluding hydrogens is 248 g/mol. The minimum atomic E-state index is 0.0563. The fourth-order valence-corrected chi connectivity index (χ4v) is 2.12. The lowest BCUT2D eigenvalue weighted by atomic mass is 10.1. The number of carbonyl (C=O) groups is 1. The average molecular weight is 267 g/mol. The zero-order valence-electron chi connectivity index (χ0n) is 10.6. The highest BCUT2D eigenvalue weighted by molar-refractivity contribution is 6.31. The van der Waals surface area contributed by atoms with E-state index in [9.17, 15) is 4.79 Å². The number of nitrogens with one attached hydrogen (secondary N) is 2. The molecule has 1 fully saturated rings. The molecule has 2 rings (SSSR count). The van der Waals surface area contributed by atoms with Crippen LogP contribution in [0.25, 0.3) is 0 Å². The monoisotopic (exact) mass is 266 g/mol. The largest absolute Gasteiger partial charge is 0.355 e. The molecule has 0 spiro atoms. The van der Waals surface area contributed by atoms with Crippen LogP contribution in [0.15, 0.2) is 24.3 Å². The maximum Gasteiger partial charge on any atom is 0.233 e. The van der Waals surface area contributed by atoms with E-state index in [-0.39, 0.29) is 11.9 Å². The van der Waals surface area contributed by atoms with Crippen molar-refractivity contribution in [1.29, 1.82) is 0 Å². The van der Waals surface area contributed by atoms with Crippen LogP contribution in [0.1, 0.15) is 31.4 Å². The van der Waals surface area contributed by atoms with Gasteiger partial charge >= 0.3 is 0 Å². The molecule has 0 bridgehead atoms. The molecule has 1 aliphatic carbocycles. The van der Waals surface area contributed by atoms with Crippen LogP contribution in [-0.4, -0.2) is 19.0 Å². The molecule has 0 unspecified atom stereocenters. The van der Waals surface area contributed by atoms with Crippen molar-refractivity contribution in [3.8, 4) is 0 Å². The summed E-state index contributed by atoms with van der Waals surface area (Å²) < 4.78 is 0. The van der Waals surface area contributed by atoms with Crippen molar-refractivity contribution in [1.82, 2.24) is 10.6 Å². The van der Waals surface area contributed by atoms with Gasteiger partial charge in [-0.3, -0.25) is 4.79 Å². The molecule has 1 aromatic rings. The molecular formula is C14H19ClN2O. The molecule has 0 aliphatic heterocycles. The van der Waals surface area contributed by atoms with Crippen molar-refractivity contribution in [3.63, 3.8) is 0 Å². The van der Waals surface area contributed by atoms with Crippen molar-refractivity contribution in [2.75, 3.05) is 13.1 Å². The molecule has 4 heteroatoms. The molecule has 0 saturated heterocycles. The number of rotatable bonds is 6. The van der Waals surface area contributed by atoms with E-state index >= 15 is 0 Å². The summed E-state index contributed by atoms with van der Waals surface area (Å²) in [5, 5.41) is 6.85. The second-order valence-electron chi connectivity index (χ2n) is 4.87. The zero-order chi connectivity index (χ0) is 13.0. The van der Waals surface area contributed by atoms with Gasteiger partial charge in [0.05, 0.1) is 6.54 Å². The maximum absolute atomic E-state index is 11.6. The third-order valence-electron chi connectivity index (χ3n) is 3.23. The van der Waals surface area contributed by atoms with Gasteiger partial charge in [-0.1, -0.05) is 29.8 Å². The van der Waals surface area contributed by atoms with Crippen molar-refractivity contribution in [2.45, 2.75) is 25.8 Å². The first kappa shape index (κ1) is 13.4. The van der Waals surface area contributed by atoms with E-state index in [4.69, 9.17) is 11.6 Å². The van der Waals surface area contributed by atoms with Gasteiger partial charge in [-0.25, -0.2) is 0 Å². The molecule has 1 aromatic carbocycles. The van der Waals surface area contributed by atoms with Crippen LogP contribution in [0.3, 0.4) is 0 Å². The van der Waals surface area contributed by atoms with E-state index in [1.165, 1.54) is 12.8 Å². The van der Waals surface area contributed by atoms with Crippen LogP contribution in [0.2, 0.25) is 5.02 Å². The number of benzene rings is 1. The molecule has 3 nitrogen and oxygen atoms in total. The Morgan fingerprint density at radius 2 is 2.17 bits per heavy atom. The third-order valence-corrected chi connectivity index (χ3v) is 3.57. The average Bonchev–Trinajstić information content (AvgIpc) is 3.18. The Morgan fingerprint density at radius 1 is 1.44 bits per heavy atom. The Balaban J connectivity index is 1.75. The van der Waals surface area contributed by atoms with E-state index < -0.39 is 0 Å². The van der Waals surface area contributed by atoms with E-state index in [1.54, 1.807) is 0 Å². The Labute approximate surface area is 113 Å². The fourth-order valence-electron chi connectivity index (χ4n) is 1.82. The molecule has 2 N–H and O–H groups in total. The van der Waals surface area contributed by atoms with E-state index in [1.807, 2.05) is 31.2 Å². The van der Waals surface area contributed by atoms with Crippen LogP contribution in [-0.2, 0) is 4.79 Å². The number of amides is 1. The second kappa shape index (κ2) is 6.21. The van der Waals surface area contributed by atoms with Crippen LogP contribution < -0.4 is 10.6 Å². The van der Waals surface area contributed by atoms with Gasteiger partial charge < -0.3 is 10.6 Å². The summed E-state index contributed by atoms with van der Waals surface area (Å²) in [6, 6.07) is 7.77.